The Kier molecular flexibility index (Phi) is 3.13. The number of hydrogen-bond acceptors (Lipinski definition) is 4. The first-order valence-electron chi connectivity index (χ1n) is 3.79. The van der Waals surface area contributed by atoms with Gasteiger partial charge in [-0.3, -0.25) is 0 Å². The van der Waals surface area contributed by atoms with Crippen molar-refractivity contribution >= 4 is 11.8 Å². The number of anilines is 1. The van der Waals surface area contributed by atoms with Crippen LogP contribution in [0.1, 0.15) is 22.3 Å². The number of pyridine rings is 1. The Morgan fingerprint density at radius 3 is 2.67 bits per heavy atom. The van der Waals surface area contributed by atoms with Crippen molar-refractivity contribution in [1.29, 1.82) is 0 Å². The summed E-state index contributed by atoms with van der Waals surface area (Å²) in [5.74, 6) is -3.16. The second-order valence-corrected chi connectivity index (χ2v) is 2.58. The Labute approximate surface area is 82.9 Å². The molecule has 1 aromatic heterocycles. The number of nitrogen functional groups attached to an aromatic ring is 1. The molecule has 0 saturated carbocycles. The molecule has 0 aliphatic heterocycles. The Bertz CT molecular complexity index is 396. The molecule has 0 saturated heterocycles. The van der Waals surface area contributed by atoms with Gasteiger partial charge in [-0.15, -0.1) is 0 Å². The third-order valence-corrected chi connectivity index (χ3v) is 1.71. The second kappa shape index (κ2) is 4.16. The van der Waals surface area contributed by atoms with Crippen LogP contribution >= 0.6 is 0 Å². The smallest absolute Gasteiger partial charge is 0.340 e. The quantitative estimate of drug-likeness (QED) is 0.767. The van der Waals surface area contributed by atoms with Crippen LogP contribution in [0.15, 0.2) is 6.20 Å². The first kappa shape index (κ1) is 11.3. The number of aromatic nitrogens is 1. The van der Waals surface area contributed by atoms with Crippen LogP contribution in [0, 0.1) is 5.82 Å². The van der Waals surface area contributed by atoms with Gasteiger partial charge in [-0.05, 0) is 0 Å². The Morgan fingerprint density at radius 1 is 1.60 bits per heavy atom. The number of methoxy groups -OCH3 is 1. The highest BCUT2D eigenvalue weighted by molar-refractivity contribution is 5.91. The minimum atomic E-state index is -3.16. The molecule has 1 heterocycles. The summed E-state index contributed by atoms with van der Waals surface area (Å²) >= 11 is 0. The summed E-state index contributed by atoms with van der Waals surface area (Å²) in [4.78, 5) is 14.3. The van der Waals surface area contributed by atoms with E-state index in [2.05, 4.69) is 9.72 Å². The number of esters is 1. The number of nitrogens with zero attached hydrogens (tertiary/aromatic N) is 1. The van der Waals surface area contributed by atoms with Crippen molar-refractivity contribution in [3.8, 4) is 0 Å². The highest BCUT2D eigenvalue weighted by Gasteiger charge is 2.25. The molecule has 0 aromatic carbocycles. The molecule has 0 spiro atoms. The van der Waals surface area contributed by atoms with Crippen molar-refractivity contribution in [2.24, 2.45) is 0 Å². The van der Waals surface area contributed by atoms with E-state index in [1.165, 1.54) is 0 Å². The van der Waals surface area contributed by atoms with Gasteiger partial charge in [0.05, 0.1) is 18.2 Å². The van der Waals surface area contributed by atoms with Gasteiger partial charge < -0.3 is 10.5 Å². The maximum Gasteiger partial charge on any atom is 0.340 e. The van der Waals surface area contributed by atoms with E-state index >= 15 is 0 Å². The van der Waals surface area contributed by atoms with Gasteiger partial charge in [0.25, 0.3) is 6.43 Å². The summed E-state index contributed by atoms with van der Waals surface area (Å²) in [6.45, 7) is 0. The van der Waals surface area contributed by atoms with Crippen LogP contribution in [0.5, 0.6) is 0 Å². The van der Waals surface area contributed by atoms with E-state index in [9.17, 15) is 18.0 Å². The van der Waals surface area contributed by atoms with E-state index in [0.717, 1.165) is 13.3 Å². The van der Waals surface area contributed by atoms with Crippen LogP contribution < -0.4 is 5.73 Å². The van der Waals surface area contributed by atoms with Gasteiger partial charge in [0.1, 0.15) is 0 Å². The average Bonchev–Trinajstić information content (AvgIpc) is 2.20. The van der Waals surface area contributed by atoms with Gasteiger partial charge in [0.15, 0.2) is 11.6 Å². The molecule has 0 fully saturated rings. The predicted molar refractivity (Wildman–Crippen MR) is 44.9 cm³/mol. The standard InChI is InChI=1S/C8H7F3N2O2/c1-15-8(14)3-2-13-7(12)5(9)4(3)6(10)11/h2,6H,1H3,(H2,12,13). The van der Waals surface area contributed by atoms with Crippen LogP contribution in [0.2, 0.25) is 0 Å². The Hall–Kier alpha value is -1.79. The minimum absolute atomic E-state index is 0.626. The molecule has 1 aromatic rings. The van der Waals surface area contributed by atoms with Crippen molar-refractivity contribution in [3.05, 3.63) is 23.1 Å². The molecule has 0 amide bonds. The van der Waals surface area contributed by atoms with Crippen molar-refractivity contribution < 1.29 is 22.7 Å². The fourth-order valence-corrected chi connectivity index (χ4v) is 1.00. The number of alkyl halides is 2. The summed E-state index contributed by atoms with van der Waals surface area (Å²) in [5, 5.41) is 0. The highest BCUT2D eigenvalue weighted by Crippen LogP contribution is 2.28. The van der Waals surface area contributed by atoms with E-state index < -0.39 is 35.2 Å². The normalized spacial score (nSPS) is 10.5. The molecule has 0 radical (unpaired) electrons. The summed E-state index contributed by atoms with van der Waals surface area (Å²) in [6.07, 6.45) is -2.41. The van der Waals surface area contributed by atoms with E-state index in [-0.39, 0.29) is 0 Å². The van der Waals surface area contributed by atoms with Crippen LogP contribution in [0.3, 0.4) is 0 Å². The lowest BCUT2D eigenvalue weighted by atomic mass is 10.1. The maximum absolute atomic E-state index is 13.1. The van der Waals surface area contributed by atoms with Crippen LogP contribution in [-0.4, -0.2) is 18.1 Å². The van der Waals surface area contributed by atoms with E-state index in [1.807, 2.05) is 0 Å². The van der Waals surface area contributed by atoms with Crippen LogP contribution in [-0.2, 0) is 4.74 Å². The number of rotatable bonds is 2. The molecule has 7 heteroatoms. The van der Waals surface area contributed by atoms with E-state index in [1.54, 1.807) is 0 Å². The van der Waals surface area contributed by atoms with Crippen molar-refractivity contribution in [3.63, 3.8) is 0 Å². The van der Waals surface area contributed by atoms with E-state index in [0.29, 0.717) is 0 Å². The molecule has 4 nitrogen and oxygen atoms in total. The first-order chi connectivity index (χ1) is 6.99. The summed E-state index contributed by atoms with van der Waals surface area (Å²) in [7, 11) is 0.992. The molecule has 82 valence electrons. The Morgan fingerprint density at radius 2 is 2.20 bits per heavy atom. The molecule has 0 bridgehead atoms. The fourth-order valence-electron chi connectivity index (χ4n) is 1.00. The molecule has 0 aliphatic rings. The first-order valence-corrected chi connectivity index (χ1v) is 3.79. The lowest BCUT2D eigenvalue weighted by molar-refractivity contribution is 0.0586. The van der Waals surface area contributed by atoms with Gasteiger partial charge in [-0.1, -0.05) is 0 Å². The number of halogens is 3. The van der Waals surface area contributed by atoms with Crippen LogP contribution in [0.4, 0.5) is 19.0 Å². The predicted octanol–water partition coefficient (Wildman–Crippen LogP) is 1.53. The summed E-state index contributed by atoms with van der Waals surface area (Å²) in [6, 6.07) is 0. The fraction of sp³-hybridized carbons (Fsp3) is 0.250. The van der Waals surface area contributed by atoms with Gasteiger partial charge in [0.2, 0.25) is 0 Å². The molecular weight excluding hydrogens is 213 g/mol. The third-order valence-electron chi connectivity index (χ3n) is 1.71. The zero-order valence-corrected chi connectivity index (χ0v) is 7.63. The number of ether oxygens (including phenoxy) is 1. The van der Waals surface area contributed by atoms with Gasteiger partial charge in [-0.2, -0.15) is 0 Å². The van der Waals surface area contributed by atoms with Crippen LogP contribution in [0.25, 0.3) is 0 Å². The molecule has 15 heavy (non-hydrogen) atoms. The number of carbonyl (C=O) groups excluding carboxylic acids is 1. The lowest BCUT2D eigenvalue weighted by Crippen LogP contribution is -2.11. The van der Waals surface area contributed by atoms with Crippen molar-refractivity contribution in [1.82, 2.24) is 4.98 Å². The van der Waals surface area contributed by atoms with Gasteiger partial charge in [0, 0.05) is 6.20 Å². The Balaban J connectivity index is 3.40. The monoisotopic (exact) mass is 220 g/mol. The SMILES string of the molecule is COC(=O)c1cnc(N)c(F)c1C(F)F. The lowest BCUT2D eigenvalue weighted by Gasteiger charge is -2.08. The topological polar surface area (TPSA) is 65.2 Å². The summed E-state index contributed by atoms with van der Waals surface area (Å²) in [5.41, 5.74) is 3.28. The maximum atomic E-state index is 13.1. The number of hydrogen-bond donors (Lipinski definition) is 1. The molecule has 1 rings (SSSR count). The zero-order chi connectivity index (χ0) is 11.6. The molecule has 0 aliphatic carbocycles. The van der Waals surface area contributed by atoms with E-state index in [4.69, 9.17) is 5.73 Å². The number of carbonyl (C=O) groups is 1. The molecule has 2 N–H and O–H groups in total. The zero-order valence-electron chi connectivity index (χ0n) is 7.63. The van der Waals surface area contributed by atoms with Crippen molar-refractivity contribution in [2.75, 3.05) is 12.8 Å². The largest absolute Gasteiger partial charge is 0.465 e. The highest BCUT2D eigenvalue weighted by atomic mass is 19.3. The average molecular weight is 220 g/mol. The summed E-state index contributed by atoms with van der Waals surface area (Å²) < 4.78 is 42.2. The van der Waals surface area contributed by atoms with Gasteiger partial charge >= 0.3 is 5.97 Å². The molecule has 0 unspecified atom stereocenters. The number of nitrogens with two attached hydrogens (primary N) is 1. The third kappa shape index (κ3) is 2.00. The van der Waals surface area contributed by atoms with Gasteiger partial charge in [-0.25, -0.2) is 22.9 Å². The molecule has 0 atom stereocenters. The second-order valence-electron chi connectivity index (χ2n) is 2.58. The van der Waals surface area contributed by atoms with Crippen molar-refractivity contribution in [2.45, 2.75) is 6.43 Å². The molecular formula is C8H7F3N2O2. The minimum Gasteiger partial charge on any atom is -0.465 e.